The lowest BCUT2D eigenvalue weighted by Gasteiger charge is -2.33. The molecule has 27 heavy (non-hydrogen) atoms. The fraction of sp³-hybridized carbons (Fsp3) is 0.421. The van der Waals surface area contributed by atoms with Gasteiger partial charge in [-0.05, 0) is 36.4 Å². The Kier molecular flexibility index (Phi) is 5.98. The van der Waals surface area contributed by atoms with Gasteiger partial charge in [-0.25, -0.2) is 13.1 Å². The molecule has 2 N–H and O–H groups in total. The number of nitrogens with zero attached hydrogens (tertiary/aromatic N) is 1. The first-order chi connectivity index (χ1) is 12.9. The zero-order valence-corrected chi connectivity index (χ0v) is 16.5. The largest absolute Gasteiger partial charge is 0.468 e. The molecule has 146 valence electrons. The number of piperidine rings is 1. The molecule has 0 spiro atoms. The summed E-state index contributed by atoms with van der Waals surface area (Å²) in [5.41, 5.74) is 0.494. The van der Waals surface area contributed by atoms with Crippen molar-refractivity contribution in [2.75, 3.05) is 27.2 Å². The highest BCUT2D eigenvalue weighted by atomic mass is 32.2. The average Bonchev–Trinajstić information content (AvgIpc) is 3.20. The third kappa shape index (κ3) is 4.77. The van der Waals surface area contributed by atoms with Crippen LogP contribution in [0.2, 0.25) is 0 Å². The van der Waals surface area contributed by atoms with Crippen LogP contribution in [-0.2, 0) is 16.6 Å². The Labute approximate surface area is 160 Å². The summed E-state index contributed by atoms with van der Waals surface area (Å²) in [6, 6.07) is 9.70. The quantitative estimate of drug-likeness (QED) is 0.750. The minimum absolute atomic E-state index is 0.0768. The molecule has 3 rings (SSSR count). The second kappa shape index (κ2) is 8.24. The molecular weight excluding hydrogens is 366 g/mol. The molecule has 1 amide bonds. The maximum Gasteiger partial charge on any atom is 0.253 e. The normalized spacial score (nSPS) is 20.4. The van der Waals surface area contributed by atoms with E-state index in [4.69, 9.17) is 4.42 Å². The minimum Gasteiger partial charge on any atom is -0.468 e. The SMILES string of the molecule is CN(C(=O)c1ccc(S(=O)(=O)NCc2ccco2)cc1)C1CC[NH+](C)CC1. The number of furan rings is 1. The van der Waals surface area contributed by atoms with Crippen molar-refractivity contribution in [3.05, 3.63) is 54.0 Å². The standard InChI is InChI=1S/C19H25N3O4S/c1-21-11-9-16(10-12-21)22(2)19(23)15-5-7-18(8-6-15)27(24,25)20-14-17-4-3-13-26-17/h3-8,13,16,20H,9-12,14H2,1-2H3/p+1. The van der Waals surface area contributed by atoms with Crippen molar-refractivity contribution in [3.63, 3.8) is 0 Å². The second-order valence-corrected chi connectivity index (χ2v) is 8.80. The predicted octanol–water partition coefficient (Wildman–Crippen LogP) is 0.507. The maximum absolute atomic E-state index is 12.7. The van der Waals surface area contributed by atoms with Crippen molar-refractivity contribution in [2.24, 2.45) is 0 Å². The van der Waals surface area contributed by atoms with Gasteiger partial charge in [0.2, 0.25) is 10.0 Å². The van der Waals surface area contributed by atoms with Crippen molar-refractivity contribution in [1.82, 2.24) is 9.62 Å². The number of quaternary nitrogens is 1. The lowest BCUT2D eigenvalue weighted by molar-refractivity contribution is -0.885. The molecule has 0 atom stereocenters. The van der Waals surface area contributed by atoms with Crippen LogP contribution in [0.1, 0.15) is 29.0 Å². The zero-order chi connectivity index (χ0) is 19.4. The van der Waals surface area contributed by atoms with Gasteiger partial charge >= 0.3 is 0 Å². The van der Waals surface area contributed by atoms with E-state index in [1.54, 1.807) is 29.2 Å². The minimum atomic E-state index is -3.66. The molecule has 1 fully saturated rings. The number of hydrogen-bond acceptors (Lipinski definition) is 4. The first-order valence-electron chi connectivity index (χ1n) is 9.07. The first kappa shape index (κ1) is 19.6. The zero-order valence-electron chi connectivity index (χ0n) is 15.6. The summed E-state index contributed by atoms with van der Waals surface area (Å²) >= 11 is 0. The van der Waals surface area contributed by atoms with Gasteiger partial charge in [-0.2, -0.15) is 0 Å². The predicted molar refractivity (Wildman–Crippen MR) is 101 cm³/mol. The number of benzene rings is 1. The molecule has 7 nitrogen and oxygen atoms in total. The highest BCUT2D eigenvalue weighted by molar-refractivity contribution is 7.89. The van der Waals surface area contributed by atoms with Gasteiger partial charge in [0, 0.05) is 31.5 Å². The van der Waals surface area contributed by atoms with Gasteiger partial charge in [0.25, 0.3) is 5.91 Å². The highest BCUT2D eigenvalue weighted by Gasteiger charge is 2.26. The number of nitrogens with one attached hydrogen (secondary N) is 2. The Bertz CT molecular complexity index is 855. The van der Waals surface area contributed by atoms with E-state index in [0.29, 0.717) is 11.3 Å². The number of carbonyl (C=O) groups excluding carboxylic acids is 1. The van der Waals surface area contributed by atoms with Crippen LogP contribution in [0.4, 0.5) is 0 Å². The number of sulfonamides is 1. The van der Waals surface area contributed by atoms with Gasteiger partial charge in [-0.15, -0.1) is 0 Å². The monoisotopic (exact) mass is 392 g/mol. The summed E-state index contributed by atoms with van der Waals surface area (Å²) in [6.07, 6.45) is 3.46. The van der Waals surface area contributed by atoms with Crippen LogP contribution >= 0.6 is 0 Å². The fourth-order valence-corrected chi connectivity index (χ4v) is 4.28. The van der Waals surface area contributed by atoms with Crippen molar-refractivity contribution >= 4 is 15.9 Å². The molecule has 1 aromatic carbocycles. The van der Waals surface area contributed by atoms with Gasteiger partial charge in [-0.1, -0.05) is 0 Å². The van der Waals surface area contributed by atoms with E-state index in [0.717, 1.165) is 25.9 Å². The molecule has 2 aromatic rings. The van der Waals surface area contributed by atoms with Gasteiger partial charge in [0.15, 0.2) is 0 Å². The summed E-state index contributed by atoms with van der Waals surface area (Å²) in [7, 11) is 0.323. The molecule has 8 heteroatoms. The van der Waals surface area contributed by atoms with Crippen molar-refractivity contribution < 1.29 is 22.5 Å². The smallest absolute Gasteiger partial charge is 0.253 e. The molecule has 0 unspecified atom stereocenters. The Morgan fingerprint density at radius 3 is 2.48 bits per heavy atom. The first-order valence-corrected chi connectivity index (χ1v) is 10.6. The fourth-order valence-electron chi connectivity index (χ4n) is 3.29. The van der Waals surface area contributed by atoms with Crippen LogP contribution in [0.5, 0.6) is 0 Å². The van der Waals surface area contributed by atoms with Crippen molar-refractivity contribution in [1.29, 1.82) is 0 Å². The second-order valence-electron chi connectivity index (χ2n) is 7.03. The average molecular weight is 393 g/mol. The van der Waals surface area contributed by atoms with Gasteiger partial charge in [0.05, 0.1) is 37.8 Å². The maximum atomic E-state index is 12.7. The topological polar surface area (TPSA) is 84.1 Å². The molecule has 1 aliphatic rings. The summed E-state index contributed by atoms with van der Waals surface area (Å²) < 4.78 is 32.4. The highest BCUT2D eigenvalue weighted by Crippen LogP contribution is 2.16. The lowest BCUT2D eigenvalue weighted by atomic mass is 10.0. The number of rotatable bonds is 6. The Morgan fingerprint density at radius 1 is 1.22 bits per heavy atom. The van der Waals surface area contributed by atoms with E-state index in [-0.39, 0.29) is 23.4 Å². The summed E-state index contributed by atoms with van der Waals surface area (Å²) in [5, 5.41) is 0. The molecule has 1 saturated heterocycles. The number of carbonyl (C=O) groups is 1. The molecule has 2 heterocycles. The molecule has 0 radical (unpaired) electrons. The van der Waals surface area contributed by atoms with Crippen molar-refractivity contribution in [2.45, 2.75) is 30.3 Å². The Hall–Kier alpha value is -2.16. The summed E-state index contributed by atoms with van der Waals surface area (Å²) in [5.74, 6) is 0.457. The van der Waals surface area contributed by atoms with Crippen LogP contribution in [0.3, 0.4) is 0 Å². The van der Waals surface area contributed by atoms with E-state index < -0.39 is 10.0 Å². The molecule has 0 aliphatic carbocycles. The van der Waals surface area contributed by atoms with Gasteiger partial charge in [-0.3, -0.25) is 4.79 Å². The molecule has 1 aromatic heterocycles. The summed E-state index contributed by atoms with van der Waals surface area (Å²) in [6.45, 7) is 2.19. The Morgan fingerprint density at radius 2 is 1.89 bits per heavy atom. The molecule has 0 saturated carbocycles. The van der Waals surface area contributed by atoms with E-state index in [2.05, 4.69) is 11.8 Å². The van der Waals surface area contributed by atoms with E-state index in [1.165, 1.54) is 23.3 Å². The van der Waals surface area contributed by atoms with E-state index >= 15 is 0 Å². The third-order valence-corrected chi connectivity index (χ3v) is 6.52. The van der Waals surface area contributed by atoms with Gasteiger partial charge in [0.1, 0.15) is 5.76 Å². The molecule has 1 aliphatic heterocycles. The summed E-state index contributed by atoms with van der Waals surface area (Å²) in [4.78, 5) is 16.1. The molecular formula is C19H26N3O4S+. The third-order valence-electron chi connectivity index (χ3n) is 5.10. The lowest BCUT2D eigenvalue weighted by Crippen LogP contribution is -3.10. The van der Waals surface area contributed by atoms with Crippen LogP contribution in [-0.4, -0.2) is 52.5 Å². The van der Waals surface area contributed by atoms with Crippen LogP contribution in [0.25, 0.3) is 0 Å². The molecule has 0 bridgehead atoms. The Balaban J connectivity index is 1.64. The number of hydrogen-bond donors (Lipinski definition) is 2. The van der Waals surface area contributed by atoms with E-state index in [1.807, 2.05) is 7.05 Å². The van der Waals surface area contributed by atoms with Crippen LogP contribution in [0.15, 0.2) is 52.0 Å². The number of amides is 1. The number of likely N-dealkylation sites (tertiary alicyclic amines) is 1. The van der Waals surface area contributed by atoms with E-state index in [9.17, 15) is 13.2 Å². The van der Waals surface area contributed by atoms with Crippen LogP contribution < -0.4 is 9.62 Å². The van der Waals surface area contributed by atoms with Gasteiger partial charge < -0.3 is 14.2 Å². The van der Waals surface area contributed by atoms with Crippen LogP contribution in [0, 0.1) is 0 Å². The van der Waals surface area contributed by atoms with Crippen molar-refractivity contribution in [3.8, 4) is 0 Å².